The van der Waals surface area contributed by atoms with Crippen molar-refractivity contribution in [3.8, 4) is 0 Å². The van der Waals surface area contributed by atoms with Crippen molar-refractivity contribution >= 4 is 11.8 Å². The zero-order valence-corrected chi connectivity index (χ0v) is 13.2. The molecular weight excluding hydrogens is 308 g/mol. The fourth-order valence-corrected chi connectivity index (χ4v) is 1.65. The molecule has 0 unspecified atom stereocenters. The van der Waals surface area contributed by atoms with Crippen molar-refractivity contribution in [2.75, 3.05) is 13.1 Å². The number of ether oxygens (including phenoxy) is 1. The van der Waals surface area contributed by atoms with Gasteiger partial charge in [0.15, 0.2) is 0 Å². The first kappa shape index (κ1) is 18.7. The molecule has 0 aliphatic rings. The summed E-state index contributed by atoms with van der Waals surface area (Å²) < 4.78 is 32.3. The summed E-state index contributed by atoms with van der Waals surface area (Å²) in [5.74, 6) is -1.83. The number of alkyl carbamates (subject to hydrolysis) is 1. The molecule has 1 rings (SSSR count). The number of benzene rings is 1. The van der Waals surface area contributed by atoms with Gasteiger partial charge < -0.3 is 15.4 Å². The van der Waals surface area contributed by atoms with Crippen molar-refractivity contribution in [3.05, 3.63) is 39.8 Å². The highest BCUT2D eigenvalue weighted by Gasteiger charge is 2.15. The van der Waals surface area contributed by atoms with Crippen LogP contribution in [0.2, 0.25) is 0 Å². The highest BCUT2D eigenvalue weighted by atomic mass is 19.1. The number of hydrogen-bond acceptors (Lipinski definition) is 4. The Kier molecular flexibility index (Phi) is 6.74. The van der Waals surface area contributed by atoms with E-state index in [1.165, 1.54) is 6.07 Å². The smallest absolute Gasteiger partial charge is 0.407 e. The Bertz CT molecular complexity index is 610. The highest BCUT2D eigenvalue weighted by molar-refractivity contribution is 5.67. The molecule has 0 saturated carbocycles. The van der Waals surface area contributed by atoms with Gasteiger partial charge in [-0.3, -0.25) is 0 Å². The van der Waals surface area contributed by atoms with Crippen molar-refractivity contribution in [1.82, 2.24) is 10.6 Å². The Labute approximate surface area is 132 Å². The van der Waals surface area contributed by atoms with Gasteiger partial charge in [0.1, 0.15) is 22.9 Å². The van der Waals surface area contributed by atoms with Crippen LogP contribution >= 0.6 is 0 Å². The molecule has 0 atom stereocenters. The number of nitrogens with zero attached hydrogens (tertiary/aromatic N) is 3. The number of carbonyl (C=O) groups excluding carboxylic acids is 1. The third-order valence-corrected chi connectivity index (χ3v) is 2.58. The Hall–Kier alpha value is -2.38. The molecule has 0 aromatic heterocycles. The van der Waals surface area contributed by atoms with E-state index in [1.54, 1.807) is 20.8 Å². The first-order chi connectivity index (χ1) is 10.7. The number of nitrogens with one attached hydrogen (secondary N) is 2. The van der Waals surface area contributed by atoms with E-state index in [0.29, 0.717) is 6.54 Å². The zero-order valence-electron chi connectivity index (χ0n) is 13.2. The molecular formula is C14H19F2N5O2. The maximum atomic E-state index is 13.9. The van der Waals surface area contributed by atoms with E-state index in [0.717, 1.165) is 6.07 Å². The summed E-state index contributed by atoms with van der Waals surface area (Å²) in [6.45, 7) is 5.99. The molecule has 0 aliphatic carbocycles. The largest absolute Gasteiger partial charge is 0.444 e. The van der Waals surface area contributed by atoms with Gasteiger partial charge in [-0.05, 0) is 32.4 Å². The molecule has 23 heavy (non-hydrogen) atoms. The number of azide groups is 1. The molecule has 126 valence electrons. The van der Waals surface area contributed by atoms with Crippen LogP contribution in [-0.4, -0.2) is 24.8 Å². The second kappa shape index (κ2) is 8.30. The van der Waals surface area contributed by atoms with Crippen molar-refractivity contribution in [2.45, 2.75) is 32.9 Å². The van der Waals surface area contributed by atoms with Crippen LogP contribution in [0, 0.1) is 11.6 Å². The molecule has 1 amide bonds. The molecule has 7 nitrogen and oxygen atoms in total. The predicted octanol–water partition coefficient (Wildman–Crippen LogP) is 3.52. The van der Waals surface area contributed by atoms with E-state index in [1.807, 2.05) is 0 Å². The third-order valence-electron chi connectivity index (χ3n) is 2.58. The lowest BCUT2D eigenvalue weighted by Gasteiger charge is -2.19. The van der Waals surface area contributed by atoms with Gasteiger partial charge in [0.05, 0.1) is 0 Å². The Morgan fingerprint density at radius 3 is 2.65 bits per heavy atom. The molecule has 0 fully saturated rings. The van der Waals surface area contributed by atoms with Crippen LogP contribution in [0.15, 0.2) is 17.2 Å². The number of halogens is 2. The van der Waals surface area contributed by atoms with Gasteiger partial charge in [0.2, 0.25) is 0 Å². The van der Waals surface area contributed by atoms with Crippen molar-refractivity contribution in [2.24, 2.45) is 5.11 Å². The molecule has 0 saturated heterocycles. The lowest BCUT2D eigenvalue weighted by atomic mass is 10.1. The van der Waals surface area contributed by atoms with Crippen LogP contribution in [0.4, 0.5) is 19.3 Å². The van der Waals surface area contributed by atoms with Gasteiger partial charge in [0, 0.05) is 30.1 Å². The molecule has 0 aliphatic heterocycles. The minimum atomic E-state index is -0.921. The second-order valence-electron chi connectivity index (χ2n) is 5.66. The third kappa shape index (κ3) is 6.50. The lowest BCUT2D eigenvalue weighted by molar-refractivity contribution is 0.0528. The van der Waals surface area contributed by atoms with Crippen LogP contribution in [0.1, 0.15) is 26.3 Å². The average Bonchev–Trinajstić information content (AvgIpc) is 2.43. The Morgan fingerprint density at radius 2 is 2.04 bits per heavy atom. The van der Waals surface area contributed by atoms with E-state index in [-0.39, 0.29) is 18.7 Å². The Balaban J connectivity index is 2.44. The topological polar surface area (TPSA) is 99.1 Å². The number of rotatable bonds is 6. The molecule has 0 radical (unpaired) electrons. The number of carbonyl (C=O) groups is 1. The van der Waals surface area contributed by atoms with Gasteiger partial charge in [0.25, 0.3) is 0 Å². The SMILES string of the molecule is CC(C)(C)OC(=O)NCCNCc1ccc(F)c(N=[N+]=[N-])c1F. The molecule has 1 aromatic rings. The normalized spacial score (nSPS) is 10.8. The van der Waals surface area contributed by atoms with Gasteiger partial charge in [-0.25, -0.2) is 13.6 Å². The van der Waals surface area contributed by atoms with Crippen LogP contribution < -0.4 is 10.6 Å². The maximum Gasteiger partial charge on any atom is 0.407 e. The molecule has 0 bridgehead atoms. The summed E-state index contributed by atoms with van der Waals surface area (Å²) in [6, 6.07) is 2.29. The quantitative estimate of drug-likeness (QED) is 0.362. The Morgan fingerprint density at radius 1 is 1.35 bits per heavy atom. The average molecular weight is 327 g/mol. The summed E-state index contributed by atoms with van der Waals surface area (Å²) in [6.07, 6.45) is -0.544. The van der Waals surface area contributed by atoms with Crippen LogP contribution in [0.25, 0.3) is 10.4 Å². The fourth-order valence-electron chi connectivity index (χ4n) is 1.65. The second-order valence-corrected chi connectivity index (χ2v) is 5.66. The van der Waals surface area contributed by atoms with Crippen molar-refractivity contribution in [1.29, 1.82) is 0 Å². The van der Waals surface area contributed by atoms with Crippen molar-refractivity contribution < 1.29 is 18.3 Å². The monoisotopic (exact) mass is 327 g/mol. The van der Waals surface area contributed by atoms with E-state index in [2.05, 4.69) is 20.7 Å². The van der Waals surface area contributed by atoms with E-state index >= 15 is 0 Å². The molecule has 0 heterocycles. The highest BCUT2D eigenvalue weighted by Crippen LogP contribution is 2.25. The summed E-state index contributed by atoms with van der Waals surface area (Å²) in [5, 5.41) is 8.42. The molecule has 0 spiro atoms. The lowest BCUT2D eigenvalue weighted by Crippen LogP contribution is -2.36. The van der Waals surface area contributed by atoms with Crippen molar-refractivity contribution in [3.63, 3.8) is 0 Å². The van der Waals surface area contributed by atoms with E-state index < -0.39 is 29.0 Å². The van der Waals surface area contributed by atoms with Gasteiger partial charge in [-0.2, -0.15) is 0 Å². The van der Waals surface area contributed by atoms with Crippen LogP contribution in [-0.2, 0) is 11.3 Å². The zero-order chi connectivity index (χ0) is 17.5. The minimum absolute atomic E-state index is 0.0933. The summed E-state index contributed by atoms with van der Waals surface area (Å²) in [7, 11) is 0. The number of amides is 1. The van der Waals surface area contributed by atoms with Crippen LogP contribution in [0.3, 0.4) is 0 Å². The summed E-state index contributed by atoms with van der Waals surface area (Å²) >= 11 is 0. The molecule has 9 heteroatoms. The standard InChI is InChI=1S/C14H19F2N5O2/c1-14(2,3)23-13(22)19-7-6-18-8-9-4-5-10(15)12(11(9)16)20-21-17/h4-5,18H,6-8H2,1-3H3,(H,19,22). The van der Waals surface area contributed by atoms with Crippen LogP contribution in [0.5, 0.6) is 0 Å². The minimum Gasteiger partial charge on any atom is -0.444 e. The van der Waals surface area contributed by atoms with Gasteiger partial charge in [-0.1, -0.05) is 11.2 Å². The first-order valence-corrected chi connectivity index (χ1v) is 6.94. The van der Waals surface area contributed by atoms with E-state index in [4.69, 9.17) is 10.3 Å². The fraction of sp³-hybridized carbons (Fsp3) is 0.500. The predicted molar refractivity (Wildman–Crippen MR) is 81.1 cm³/mol. The maximum absolute atomic E-state index is 13.9. The van der Waals surface area contributed by atoms with Gasteiger partial charge >= 0.3 is 6.09 Å². The molecule has 2 N–H and O–H groups in total. The first-order valence-electron chi connectivity index (χ1n) is 6.94. The van der Waals surface area contributed by atoms with Gasteiger partial charge in [-0.15, -0.1) is 0 Å². The number of hydrogen-bond donors (Lipinski definition) is 2. The summed E-state index contributed by atoms with van der Waals surface area (Å²) in [4.78, 5) is 13.8. The molecule has 1 aromatic carbocycles. The summed E-state index contributed by atoms with van der Waals surface area (Å²) in [5.41, 5.74) is 7.22. The van der Waals surface area contributed by atoms with E-state index in [9.17, 15) is 13.6 Å².